The first-order valence-electron chi connectivity index (χ1n) is 7.13. The lowest BCUT2D eigenvalue weighted by atomic mass is 10.1. The van der Waals surface area contributed by atoms with Gasteiger partial charge in [0.05, 0.1) is 12.7 Å². The highest BCUT2D eigenvalue weighted by Gasteiger charge is 2.16. The number of carbonyl (C=O) groups is 1. The Morgan fingerprint density at radius 3 is 2.73 bits per heavy atom. The van der Waals surface area contributed by atoms with Crippen LogP contribution >= 0.6 is 15.9 Å². The Hall–Kier alpha value is -1.18. The second-order valence-corrected chi connectivity index (χ2v) is 12.8. The minimum absolute atomic E-state index is 0.381. The smallest absolute Gasteiger partial charge is 0.340 e. The minimum Gasteiger partial charge on any atom is -0.465 e. The Morgan fingerprint density at radius 1 is 1.36 bits per heavy atom. The van der Waals surface area contributed by atoms with E-state index >= 15 is 0 Å². The third kappa shape index (κ3) is 4.18. The van der Waals surface area contributed by atoms with Crippen molar-refractivity contribution in [2.75, 3.05) is 13.7 Å². The van der Waals surface area contributed by atoms with Gasteiger partial charge in [-0.2, -0.15) is 5.10 Å². The Kier molecular flexibility index (Phi) is 5.41. The fourth-order valence-corrected chi connectivity index (χ4v) is 3.18. The van der Waals surface area contributed by atoms with Gasteiger partial charge in [0, 0.05) is 30.7 Å². The van der Waals surface area contributed by atoms with E-state index in [0.29, 0.717) is 17.8 Å². The second kappa shape index (κ2) is 6.93. The molecule has 0 radical (unpaired) electrons. The number of nitrogens with zero attached hydrogens (tertiary/aromatic N) is 2. The lowest BCUT2D eigenvalue weighted by molar-refractivity contribution is 0.0602. The molecule has 0 unspecified atom stereocenters. The molecule has 0 bridgehead atoms. The highest BCUT2D eigenvalue weighted by Crippen LogP contribution is 2.26. The summed E-state index contributed by atoms with van der Waals surface area (Å²) in [6, 6.07) is 4.65. The van der Waals surface area contributed by atoms with Crippen molar-refractivity contribution < 1.29 is 14.3 Å². The van der Waals surface area contributed by atoms with Crippen LogP contribution in [-0.2, 0) is 16.2 Å². The van der Waals surface area contributed by atoms with Gasteiger partial charge in [-0.15, -0.1) is 0 Å². The highest BCUT2D eigenvalue weighted by atomic mass is 79.9. The highest BCUT2D eigenvalue weighted by molar-refractivity contribution is 9.10. The first-order chi connectivity index (χ1) is 10.3. The number of hydrogen-bond donors (Lipinski definition) is 0. The molecule has 7 heteroatoms. The maximum absolute atomic E-state index is 11.8. The summed E-state index contributed by atoms with van der Waals surface area (Å²) in [5.74, 6) is -0.387. The molecule has 0 N–H and O–H groups in total. The van der Waals surface area contributed by atoms with E-state index in [-0.39, 0.29) is 5.97 Å². The van der Waals surface area contributed by atoms with Crippen molar-refractivity contribution in [2.24, 2.45) is 0 Å². The minimum atomic E-state index is -1.09. The molecular weight excluding hydrogens is 364 g/mol. The van der Waals surface area contributed by atoms with E-state index in [9.17, 15) is 4.79 Å². The molecule has 2 rings (SSSR count). The number of esters is 1. The van der Waals surface area contributed by atoms with E-state index in [4.69, 9.17) is 9.47 Å². The first kappa shape index (κ1) is 17.2. The standard InChI is InChI=1S/C15H21BrN2O3Si/c1-20-15(19)11-5-6-13(16)12-9-18(17-14(11)12)10-21-7-8-22(2,3)4/h5-6,9H,7-8,10H2,1-4H3. The molecule has 1 aromatic carbocycles. The molecule has 0 amide bonds. The largest absolute Gasteiger partial charge is 0.465 e. The molecule has 0 saturated carbocycles. The molecule has 0 spiro atoms. The molecule has 5 nitrogen and oxygen atoms in total. The summed E-state index contributed by atoms with van der Waals surface area (Å²) in [4.78, 5) is 11.8. The van der Waals surface area contributed by atoms with Gasteiger partial charge in [-0.3, -0.25) is 0 Å². The average molecular weight is 385 g/mol. The molecule has 0 aliphatic heterocycles. The lowest BCUT2D eigenvalue weighted by Gasteiger charge is -2.15. The SMILES string of the molecule is COC(=O)c1ccc(Br)c2cn(COCC[Si](C)(C)C)nc12. The number of aromatic nitrogens is 2. The van der Waals surface area contributed by atoms with Crippen molar-refractivity contribution in [1.29, 1.82) is 0 Å². The summed E-state index contributed by atoms with van der Waals surface area (Å²) in [5, 5.41) is 5.32. The third-order valence-electron chi connectivity index (χ3n) is 3.30. The van der Waals surface area contributed by atoms with E-state index in [2.05, 4.69) is 40.7 Å². The van der Waals surface area contributed by atoms with Gasteiger partial charge in [-0.1, -0.05) is 35.6 Å². The maximum atomic E-state index is 11.8. The van der Waals surface area contributed by atoms with Crippen molar-refractivity contribution in [3.8, 4) is 0 Å². The number of ether oxygens (including phenoxy) is 2. The molecular formula is C15H21BrN2O3Si. The quantitative estimate of drug-likeness (QED) is 0.430. The van der Waals surface area contributed by atoms with Gasteiger partial charge >= 0.3 is 5.97 Å². The van der Waals surface area contributed by atoms with Crippen LogP contribution in [-0.4, -0.2) is 37.5 Å². The summed E-state index contributed by atoms with van der Waals surface area (Å²) in [5.41, 5.74) is 1.08. The molecule has 1 heterocycles. The van der Waals surface area contributed by atoms with Gasteiger partial charge in [-0.25, -0.2) is 9.48 Å². The number of fused-ring (bicyclic) bond motifs is 1. The Morgan fingerprint density at radius 2 is 2.09 bits per heavy atom. The van der Waals surface area contributed by atoms with Gasteiger partial charge in [-0.05, 0) is 18.2 Å². The fourth-order valence-electron chi connectivity index (χ4n) is 2.00. The van der Waals surface area contributed by atoms with Gasteiger partial charge in [0.15, 0.2) is 0 Å². The topological polar surface area (TPSA) is 53.4 Å². The van der Waals surface area contributed by atoms with Crippen LogP contribution < -0.4 is 0 Å². The van der Waals surface area contributed by atoms with Crippen molar-refractivity contribution in [1.82, 2.24) is 9.78 Å². The molecule has 2 aromatic rings. The predicted octanol–water partition coefficient (Wildman–Crippen LogP) is 3.90. The number of benzene rings is 1. The number of rotatable bonds is 6. The van der Waals surface area contributed by atoms with E-state index in [1.807, 2.05) is 12.3 Å². The summed E-state index contributed by atoms with van der Waals surface area (Å²) >= 11 is 3.48. The van der Waals surface area contributed by atoms with E-state index < -0.39 is 8.07 Å². The van der Waals surface area contributed by atoms with Crippen molar-refractivity contribution >= 4 is 40.9 Å². The monoisotopic (exact) mass is 384 g/mol. The van der Waals surface area contributed by atoms with E-state index in [1.54, 1.807) is 10.7 Å². The molecule has 120 valence electrons. The molecule has 1 aromatic heterocycles. The molecule has 0 atom stereocenters. The van der Waals surface area contributed by atoms with Crippen molar-refractivity contribution in [3.05, 3.63) is 28.4 Å². The van der Waals surface area contributed by atoms with Gasteiger partial charge in [0.2, 0.25) is 0 Å². The van der Waals surface area contributed by atoms with Crippen LogP contribution in [0.2, 0.25) is 25.7 Å². The van der Waals surface area contributed by atoms with E-state index in [0.717, 1.165) is 22.5 Å². The molecule has 22 heavy (non-hydrogen) atoms. The van der Waals surface area contributed by atoms with Crippen LogP contribution in [0.25, 0.3) is 10.9 Å². The average Bonchev–Trinajstić information content (AvgIpc) is 2.87. The van der Waals surface area contributed by atoms with Gasteiger partial charge in [0.1, 0.15) is 12.2 Å². The summed E-state index contributed by atoms with van der Waals surface area (Å²) in [7, 11) is 0.279. The Labute approximate surface area is 139 Å². The number of carbonyl (C=O) groups excluding carboxylic acids is 1. The predicted molar refractivity (Wildman–Crippen MR) is 92.9 cm³/mol. The number of hydrogen-bond acceptors (Lipinski definition) is 4. The Balaban J connectivity index is 2.16. The molecule has 0 aliphatic rings. The van der Waals surface area contributed by atoms with E-state index in [1.165, 1.54) is 7.11 Å². The summed E-state index contributed by atoms with van der Waals surface area (Å²) in [6.45, 7) is 8.07. The normalized spacial score (nSPS) is 11.9. The zero-order chi connectivity index (χ0) is 16.3. The van der Waals surface area contributed by atoms with Crippen LogP contribution in [0.1, 0.15) is 10.4 Å². The zero-order valence-corrected chi connectivity index (χ0v) is 15.9. The summed E-state index contributed by atoms with van der Waals surface area (Å²) in [6.07, 6.45) is 1.88. The number of halogens is 1. The van der Waals surface area contributed by atoms with Crippen LogP contribution in [0.4, 0.5) is 0 Å². The van der Waals surface area contributed by atoms with Gasteiger partial charge in [0.25, 0.3) is 0 Å². The van der Waals surface area contributed by atoms with Crippen LogP contribution in [0.15, 0.2) is 22.8 Å². The second-order valence-electron chi connectivity index (χ2n) is 6.37. The van der Waals surface area contributed by atoms with Crippen LogP contribution in [0.3, 0.4) is 0 Å². The molecule has 0 fully saturated rings. The van der Waals surface area contributed by atoms with Crippen LogP contribution in [0.5, 0.6) is 0 Å². The van der Waals surface area contributed by atoms with Crippen molar-refractivity contribution in [2.45, 2.75) is 32.4 Å². The first-order valence-corrected chi connectivity index (χ1v) is 11.6. The Bertz CT molecular complexity index is 679. The van der Waals surface area contributed by atoms with Crippen LogP contribution in [0, 0.1) is 0 Å². The molecule has 0 saturated heterocycles. The molecule has 0 aliphatic carbocycles. The summed E-state index contributed by atoms with van der Waals surface area (Å²) < 4.78 is 13.1. The third-order valence-corrected chi connectivity index (χ3v) is 5.69. The van der Waals surface area contributed by atoms with Crippen molar-refractivity contribution in [3.63, 3.8) is 0 Å². The maximum Gasteiger partial charge on any atom is 0.340 e. The fraction of sp³-hybridized carbons (Fsp3) is 0.467. The lowest BCUT2D eigenvalue weighted by Crippen LogP contribution is -2.22. The van der Waals surface area contributed by atoms with Gasteiger partial charge < -0.3 is 9.47 Å². The zero-order valence-electron chi connectivity index (χ0n) is 13.4. The number of methoxy groups -OCH3 is 1.